The first-order valence-corrected chi connectivity index (χ1v) is 9.59. The van der Waals surface area contributed by atoms with E-state index in [1.165, 1.54) is 12.8 Å². The molecule has 0 aliphatic carbocycles. The van der Waals surface area contributed by atoms with Crippen LogP contribution in [-0.2, 0) is 6.54 Å². The number of aliphatic imine (C=N–C) groups is 1. The SMILES string of the molecule is CCNC(=NCc1ccc(C#N)cc1)NCC(c1ccco1)N1CCCC1. The molecule has 0 spiro atoms. The van der Waals surface area contributed by atoms with Crippen LogP contribution in [0.2, 0.25) is 0 Å². The molecule has 1 fully saturated rings. The van der Waals surface area contributed by atoms with Gasteiger partial charge in [0.25, 0.3) is 0 Å². The molecule has 2 N–H and O–H groups in total. The summed E-state index contributed by atoms with van der Waals surface area (Å²) in [6.07, 6.45) is 4.22. The minimum atomic E-state index is 0.210. The molecule has 6 nitrogen and oxygen atoms in total. The standard InChI is InChI=1S/C21H27N5O/c1-2-23-21(24-15-18-9-7-17(14-22)8-10-18)25-16-19(20-6-5-13-27-20)26-11-3-4-12-26/h5-10,13,19H,2-4,11-12,15-16H2,1H3,(H2,23,24,25). The Morgan fingerprint density at radius 3 is 2.63 bits per heavy atom. The normalized spacial score (nSPS) is 16.1. The molecular formula is C21H27N5O. The molecule has 6 heteroatoms. The molecule has 142 valence electrons. The van der Waals surface area contributed by atoms with E-state index in [9.17, 15) is 0 Å². The van der Waals surface area contributed by atoms with E-state index in [-0.39, 0.29) is 6.04 Å². The summed E-state index contributed by atoms with van der Waals surface area (Å²) in [5.41, 5.74) is 1.74. The largest absolute Gasteiger partial charge is 0.468 e. The van der Waals surface area contributed by atoms with Crippen molar-refractivity contribution in [1.82, 2.24) is 15.5 Å². The van der Waals surface area contributed by atoms with Gasteiger partial charge in [-0.25, -0.2) is 4.99 Å². The molecule has 1 aromatic heterocycles. The summed E-state index contributed by atoms with van der Waals surface area (Å²) < 4.78 is 5.68. The quantitative estimate of drug-likeness (QED) is 0.583. The Bertz CT molecular complexity index is 755. The van der Waals surface area contributed by atoms with Crippen molar-refractivity contribution < 1.29 is 4.42 Å². The predicted octanol–water partition coefficient (Wildman–Crippen LogP) is 3.04. The number of nitriles is 1. The zero-order chi connectivity index (χ0) is 18.9. The summed E-state index contributed by atoms with van der Waals surface area (Å²) in [5.74, 6) is 1.78. The third-order valence-electron chi connectivity index (χ3n) is 4.76. The Balaban J connectivity index is 1.64. The summed E-state index contributed by atoms with van der Waals surface area (Å²) in [7, 11) is 0. The molecular weight excluding hydrogens is 338 g/mol. The van der Waals surface area contributed by atoms with Gasteiger partial charge in [0, 0.05) is 13.1 Å². The first kappa shape index (κ1) is 19.0. The van der Waals surface area contributed by atoms with Gasteiger partial charge in [-0.15, -0.1) is 0 Å². The maximum atomic E-state index is 8.90. The molecule has 1 saturated heterocycles. The number of furan rings is 1. The third-order valence-corrected chi connectivity index (χ3v) is 4.76. The lowest BCUT2D eigenvalue weighted by Gasteiger charge is -2.26. The lowest BCUT2D eigenvalue weighted by atomic mass is 10.1. The van der Waals surface area contributed by atoms with E-state index in [1.54, 1.807) is 6.26 Å². The van der Waals surface area contributed by atoms with Crippen LogP contribution >= 0.6 is 0 Å². The van der Waals surface area contributed by atoms with Crippen LogP contribution in [-0.4, -0.2) is 37.0 Å². The van der Waals surface area contributed by atoms with Crippen molar-refractivity contribution in [3.05, 3.63) is 59.5 Å². The number of nitrogens with one attached hydrogen (secondary N) is 2. The highest BCUT2D eigenvalue weighted by molar-refractivity contribution is 5.79. The van der Waals surface area contributed by atoms with Gasteiger partial charge in [-0.3, -0.25) is 4.90 Å². The van der Waals surface area contributed by atoms with Gasteiger partial charge in [0.15, 0.2) is 5.96 Å². The van der Waals surface area contributed by atoms with Crippen molar-refractivity contribution >= 4 is 5.96 Å². The van der Waals surface area contributed by atoms with Crippen molar-refractivity contribution in [3.63, 3.8) is 0 Å². The van der Waals surface area contributed by atoms with E-state index < -0.39 is 0 Å². The number of hydrogen-bond donors (Lipinski definition) is 2. The van der Waals surface area contributed by atoms with E-state index in [0.29, 0.717) is 12.1 Å². The van der Waals surface area contributed by atoms with Crippen LogP contribution in [0.25, 0.3) is 0 Å². The molecule has 1 aromatic carbocycles. The van der Waals surface area contributed by atoms with Gasteiger partial charge in [0.05, 0.1) is 30.5 Å². The van der Waals surface area contributed by atoms with Gasteiger partial charge < -0.3 is 15.1 Å². The van der Waals surface area contributed by atoms with Gasteiger partial charge in [0.1, 0.15) is 5.76 Å². The maximum absolute atomic E-state index is 8.90. The van der Waals surface area contributed by atoms with Gasteiger partial charge in [-0.1, -0.05) is 12.1 Å². The van der Waals surface area contributed by atoms with Gasteiger partial charge in [0.2, 0.25) is 0 Å². The fraction of sp³-hybridized carbons (Fsp3) is 0.429. The molecule has 0 amide bonds. The Labute approximate surface area is 160 Å². The van der Waals surface area contributed by atoms with Crippen LogP contribution in [0, 0.1) is 11.3 Å². The van der Waals surface area contributed by atoms with Gasteiger partial charge in [-0.2, -0.15) is 5.26 Å². The van der Waals surface area contributed by atoms with Crippen molar-refractivity contribution in [2.45, 2.75) is 32.4 Å². The maximum Gasteiger partial charge on any atom is 0.191 e. The van der Waals surface area contributed by atoms with Crippen LogP contribution in [0.5, 0.6) is 0 Å². The van der Waals surface area contributed by atoms with Crippen LogP contribution < -0.4 is 10.6 Å². The third kappa shape index (κ3) is 5.35. The summed E-state index contributed by atoms with van der Waals surface area (Å²) in [5, 5.41) is 15.7. The summed E-state index contributed by atoms with van der Waals surface area (Å²) >= 11 is 0. The smallest absolute Gasteiger partial charge is 0.191 e. The van der Waals surface area contributed by atoms with Crippen LogP contribution in [0.4, 0.5) is 0 Å². The number of likely N-dealkylation sites (tertiary alicyclic amines) is 1. The zero-order valence-electron chi connectivity index (χ0n) is 15.8. The van der Waals surface area contributed by atoms with Crippen molar-refractivity contribution in [1.29, 1.82) is 5.26 Å². The molecule has 2 aromatic rings. The number of benzene rings is 1. The van der Waals surface area contributed by atoms with E-state index in [2.05, 4.69) is 33.5 Å². The highest BCUT2D eigenvalue weighted by atomic mass is 16.3. The average molecular weight is 365 g/mol. The lowest BCUT2D eigenvalue weighted by Crippen LogP contribution is -2.42. The van der Waals surface area contributed by atoms with E-state index in [0.717, 1.165) is 43.5 Å². The highest BCUT2D eigenvalue weighted by Crippen LogP contribution is 2.24. The summed E-state index contributed by atoms with van der Waals surface area (Å²) in [6.45, 7) is 6.37. The molecule has 0 saturated carbocycles. The molecule has 1 aliphatic heterocycles. The summed E-state index contributed by atoms with van der Waals surface area (Å²) in [6, 6.07) is 13.9. The summed E-state index contributed by atoms with van der Waals surface area (Å²) in [4.78, 5) is 7.15. The monoisotopic (exact) mass is 365 g/mol. The molecule has 0 bridgehead atoms. The lowest BCUT2D eigenvalue weighted by molar-refractivity contribution is 0.215. The van der Waals surface area contributed by atoms with Crippen molar-refractivity contribution in [3.8, 4) is 6.07 Å². The average Bonchev–Trinajstić information content (AvgIpc) is 3.41. The van der Waals surface area contributed by atoms with E-state index in [1.807, 2.05) is 36.4 Å². The second-order valence-electron chi connectivity index (χ2n) is 6.66. The van der Waals surface area contributed by atoms with Gasteiger partial charge >= 0.3 is 0 Å². The van der Waals surface area contributed by atoms with Crippen LogP contribution in [0.15, 0.2) is 52.1 Å². The van der Waals surface area contributed by atoms with Crippen LogP contribution in [0.3, 0.4) is 0 Å². The molecule has 0 radical (unpaired) electrons. The topological polar surface area (TPSA) is 76.6 Å². The number of hydrogen-bond acceptors (Lipinski definition) is 4. The fourth-order valence-electron chi connectivity index (χ4n) is 3.33. The molecule has 2 heterocycles. The number of nitrogens with zero attached hydrogens (tertiary/aromatic N) is 3. The van der Waals surface area contributed by atoms with Crippen molar-refractivity contribution in [2.75, 3.05) is 26.2 Å². The second kappa shape index (κ2) is 9.79. The fourth-order valence-corrected chi connectivity index (χ4v) is 3.33. The zero-order valence-corrected chi connectivity index (χ0v) is 15.8. The Morgan fingerprint density at radius 2 is 2.00 bits per heavy atom. The Hall–Kier alpha value is -2.78. The molecule has 27 heavy (non-hydrogen) atoms. The Morgan fingerprint density at radius 1 is 1.22 bits per heavy atom. The number of rotatable bonds is 7. The first-order valence-electron chi connectivity index (χ1n) is 9.59. The van der Waals surface area contributed by atoms with E-state index >= 15 is 0 Å². The second-order valence-corrected chi connectivity index (χ2v) is 6.66. The van der Waals surface area contributed by atoms with Crippen LogP contribution in [0.1, 0.15) is 42.7 Å². The number of guanidine groups is 1. The minimum Gasteiger partial charge on any atom is -0.468 e. The highest BCUT2D eigenvalue weighted by Gasteiger charge is 2.25. The van der Waals surface area contributed by atoms with Crippen molar-refractivity contribution in [2.24, 2.45) is 4.99 Å². The first-order chi connectivity index (χ1) is 13.3. The predicted molar refractivity (Wildman–Crippen MR) is 106 cm³/mol. The van der Waals surface area contributed by atoms with E-state index in [4.69, 9.17) is 9.68 Å². The van der Waals surface area contributed by atoms with Gasteiger partial charge in [-0.05, 0) is 62.7 Å². The Kier molecular flexibility index (Phi) is 6.89. The molecule has 1 unspecified atom stereocenters. The molecule has 3 rings (SSSR count). The molecule has 1 atom stereocenters. The minimum absolute atomic E-state index is 0.210. The molecule has 1 aliphatic rings.